The summed E-state index contributed by atoms with van der Waals surface area (Å²) >= 11 is 6.72. The molecule has 0 atom stereocenters. The van der Waals surface area contributed by atoms with Crippen LogP contribution in [0.4, 0.5) is 5.69 Å². The van der Waals surface area contributed by atoms with Crippen LogP contribution in [0.15, 0.2) is 45.6 Å². The summed E-state index contributed by atoms with van der Waals surface area (Å²) in [5.41, 5.74) is 2.32. The summed E-state index contributed by atoms with van der Waals surface area (Å²) < 4.78 is 1.42. The monoisotopic (exact) mass is 368 g/mol. The van der Waals surface area contributed by atoms with Crippen molar-refractivity contribution in [1.82, 2.24) is 4.98 Å². The van der Waals surface area contributed by atoms with E-state index in [-0.39, 0.29) is 5.91 Å². The molecule has 1 N–H and O–H groups in total. The van der Waals surface area contributed by atoms with Gasteiger partial charge in [0, 0.05) is 10.7 Å². The normalized spacial score (nSPS) is 10.2. The largest absolute Gasteiger partial charge is 0.321 e. The first kappa shape index (κ1) is 13.2. The van der Waals surface area contributed by atoms with Gasteiger partial charge in [-0.2, -0.15) is 0 Å². The number of halogens is 2. The van der Waals surface area contributed by atoms with Gasteiger partial charge >= 0.3 is 0 Å². The minimum Gasteiger partial charge on any atom is -0.321 e. The van der Waals surface area contributed by atoms with E-state index in [1.54, 1.807) is 18.3 Å². The number of amides is 1. The lowest BCUT2D eigenvalue weighted by molar-refractivity contribution is 0.102. The third kappa shape index (κ3) is 2.79. The predicted octanol–water partition coefficient (Wildman–Crippen LogP) is 4.17. The highest BCUT2D eigenvalue weighted by atomic mass is 79.9. The number of pyridine rings is 1. The molecule has 0 spiro atoms. The van der Waals surface area contributed by atoms with E-state index < -0.39 is 0 Å². The molecule has 0 aliphatic carbocycles. The maximum Gasteiger partial charge on any atom is 0.258 e. The number of carbonyl (C=O) groups is 1. The van der Waals surface area contributed by atoms with E-state index in [1.807, 2.05) is 25.1 Å². The van der Waals surface area contributed by atoms with Crippen LogP contribution >= 0.6 is 31.9 Å². The highest BCUT2D eigenvalue weighted by Crippen LogP contribution is 2.26. The topological polar surface area (TPSA) is 42.0 Å². The van der Waals surface area contributed by atoms with Crippen molar-refractivity contribution in [2.75, 3.05) is 5.32 Å². The van der Waals surface area contributed by atoms with Crippen molar-refractivity contribution in [3.63, 3.8) is 0 Å². The molecule has 0 aliphatic heterocycles. The third-order valence-corrected chi connectivity index (χ3v) is 4.13. The second-order valence-electron chi connectivity index (χ2n) is 3.73. The van der Waals surface area contributed by atoms with Crippen molar-refractivity contribution < 1.29 is 4.79 Å². The quantitative estimate of drug-likeness (QED) is 0.807. The maximum atomic E-state index is 12.1. The van der Waals surface area contributed by atoms with Gasteiger partial charge in [0.25, 0.3) is 5.91 Å². The van der Waals surface area contributed by atoms with Crippen molar-refractivity contribution in [3.05, 3.63) is 56.7 Å². The Labute approximate surface area is 122 Å². The Kier molecular flexibility index (Phi) is 4.14. The number of carbonyl (C=O) groups excluding carboxylic acids is 1. The molecular formula is C13H10Br2N2O. The van der Waals surface area contributed by atoms with Crippen LogP contribution < -0.4 is 5.32 Å². The fraction of sp³-hybridized carbons (Fsp3) is 0.0769. The Hall–Kier alpha value is -1.20. The van der Waals surface area contributed by atoms with Gasteiger partial charge in [-0.15, -0.1) is 0 Å². The van der Waals surface area contributed by atoms with Gasteiger partial charge in [0.2, 0.25) is 0 Å². The van der Waals surface area contributed by atoms with Gasteiger partial charge in [-0.05, 0) is 62.5 Å². The number of benzene rings is 1. The molecule has 18 heavy (non-hydrogen) atoms. The van der Waals surface area contributed by atoms with Crippen molar-refractivity contribution in [2.45, 2.75) is 6.92 Å². The van der Waals surface area contributed by atoms with Gasteiger partial charge in [0.05, 0.1) is 11.3 Å². The zero-order chi connectivity index (χ0) is 13.1. The summed E-state index contributed by atoms with van der Waals surface area (Å²) in [5, 5.41) is 2.85. The summed E-state index contributed by atoms with van der Waals surface area (Å²) in [5.74, 6) is -0.193. The van der Waals surface area contributed by atoms with Crippen LogP contribution in [-0.2, 0) is 0 Å². The molecule has 0 unspecified atom stereocenters. The number of anilines is 1. The molecule has 1 aromatic heterocycles. The maximum absolute atomic E-state index is 12.1. The molecule has 0 saturated carbocycles. The molecule has 2 rings (SSSR count). The molecule has 0 fully saturated rings. The summed E-state index contributed by atoms with van der Waals surface area (Å²) in [7, 11) is 0. The zero-order valence-electron chi connectivity index (χ0n) is 9.58. The van der Waals surface area contributed by atoms with Crippen molar-refractivity contribution in [3.8, 4) is 0 Å². The van der Waals surface area contributed by atoms with E-state index in [2.05, 4.69) is 42.2 Å². The molecule has 5 heteroatoms. The van der Waals surface area contributed by atoms with Crippen LogP contribution in [0.25, 0.3) is 0 Å². The Morgan fingerprint density at radius 2 is 2.00 bits per heavy atom. The van der Waals surface area contributed by atoms with E-state index in [1.165, 1.54) is 0 Å². The Morgan fingerprint density at radius 3 is 2.72 bits per heavy atom. The molecule has 0 radical (unpaired) electrons. The van der Waals surface area contributed by atoms with Crippen LogP contribution in [0, 0.1) is 6.92 Å². The van der Waals surface area contributed by atoms with Crippen molar-refractivity contribution in [2.24, 2.45) is 0 Å². The minimum absolute atomic E-state index is 0.193. The number of hydrogen-bond donors (Lipinski definition) is 1. The Bertz CT molecular complexity index is 599. The van der Waals surface area contributed by atoms with E-state index in [0.29, 0.717) is 10.2 Å². The van der Waals surface area contributed by atoms with E-state index >= 15 is 0 Å². The van der Waals surface area contributed by atoms with Crippen LogP contribution in [-0.4, -0.2) is 10.9 Å². The zero-order valence-corrected chi connectivity index (χ0v) is 12.7. The Morgan fingerprint density at radius 1 is 1.22 bits per heavy atom. The van der Waals surface area contributed by atoms with Crippen LogP contribution in [0.5, 0.6) is 0 Å². The lowest BCUT2D eigenvalue weighted by Crippen LogP contribution is -2.13. The van der Waals surface area contributed by atoms with E-state index in [9.17, 15) is 4.79 Å². The number of aromatic nitrogens is 1. The molecule has 0 saturated heterocycles. The first-order valence-corrected chi connectivity index (χ1v) is 6.85. The number of hydrogen-bond acceptors (Lipinski definition) is 2. The minimum atomic E-state index is -0.193. The molecule has 1 amide bonds. The molecule has 92 valence electrons. The highest BCUT2D eigenvalue weighted by molar-refractivity contribution is 9.10. The van der Waals surface area contributed by atoms with Crippen LogP contribution in [0.1, 0.15) is 15.9 Å². The van der Waals surface area contributed by atoms with E-state index in [0.717, 1.165) is 15.7 Å². The van der Waals surface area contributed by atoms with Gasteiger partial charge in [-0.25, -0.2) is 4.98 Å². The Balaban J connectivity index is 2.27. The van der Waals surface area contributed by atoms with Gasteiger partial charge in [0.15, 0.2) is 0 Å². The average molecular weight is 370 g/mol. The van der Waals surface area contributed by atoms with E-state index in [4.69, 9.17) is 0 Å². The van der Waals surface area contributed by atoms with Crippen LogP contribution in [0.2, 0.25) is 0 Å². The number of aryl methyl sites for hydroxylation is 1. The molecule has 0 bridgehead atoms. The second-order valence-corrected chi connectivity index (χ2v) is 5.28. The molecule has 3 nitrogen and oxygen atoms in total. The summed E-state index contributed by atoms with van der Waals surface area (Å²) in [6, 6.07) is 9.16. The SMILES string of the molecule is Cc1cccc(NC(=O)c2cccnc2Br)c1Br. The smallest absolute Gasteiger partial charge is 0.258 e. The summed E-state index contributed by atoms with van der Waals surface area (Å²) in [4.78, 5) is 16.1. The molecular weight excluding hydrogens is 360 g/mol. The molecule has 2 aromatic rings. The number of rotatable bonds is 2. The van der Waals surface area contributed by atoms with Gasteiger partial charge < -0.3 is 5.32 Å². The summed E-state index contributed by atoms with van der Waals surface area (Å²) in [6.07, 6.45) is 1.63. The lowest BCUT2D eigenvalue weighted by Gasteiger charge is -2.09. The van der Waals surface area contributed by atoms with Gasteiger partial charge in [-0.3, -0.25) is 4.79 Å². The lowest BCUT2D eigenvalue weighted by atomic mass is 10.2. The molecule has 1 aromatic carbocycles. The number of nitrogens with one attached hydrogen (secondary N) is 1. The highest BCUT2D eigenvalue weighted by Gasteiger charge is 2.12. The van der Waals surface area contributed by atoms with Gasteiger partial charge in [-0.1, -0.05) is 12.1 Å². The fourth-order valence-corrected chi connectivity index (χ4v) is 2.28. The first-order chi connectivity index (χ1) is 8.59. The third-order valence-electron chi connectivity index (χ3n) is 2.44. The predicted molar refractivity (Wildman–Crippen MR) is 78.8 cm³/mol. The average Bonchev–Trinajstić information content (AvgIpc) is 2.35. The second kappa shape index (κ2) is 5.63. The van der Waals surface area contributed by atoms with Crippen molar-refractivity contribution >= 4 is 43.5 Å². The number of nitrogens with zero attached hydrogens (tertiary/aromatic N) is 1. The van der Waals surface area contributed by atoms with Gasteiger partial charge in [0.1, 0.15) is 4.60 Å². The van der Waals surface area contributed by atoms with Crippen molar-refractivity contribution in [1.29, 1.82) is 0 Å². The summed E-state index contributed by atoms with van der Waals surface area (Å²) in [6.45, 7) is 1.97. The standard InChI is InChI=1S/C13H10Br2N2O/c1-8-4-2-6-10(11(8)14)17-13(18)9-5-3-7-16-12(9)15/h2-7H,1H3,(H,17,18). The molecule has 0 aliphatic rings. The first-order valence-electron chi connectivity index (χ1n) is 5.26. The molecule has 1 heterocycles. The fourth-order valence-electron chi connectivity index (χ4n) is 1.49. The van der Waals surface area contributed by atoms with Crippen LogP contribution in [0.3, 0.4) is 0 Å².